The Bertz CT molecular complexity index is 452. The van der Waals surface area contributed by atoms with Gasteiger partial charge in [-0.2, -0.15) is 0 Å². The van der Waals surface area contributed by atoms with Crippen LogP contribution in [0.1, 0.15) is 38.2 Å². The molecule has 0 heterocycles. The quantitative estimate of drug-likeness (QED) is 0.400. The first-order chi connectivity index (χ1) is 9.61. The van der Waals surface area contributed by atoms with E-state index in [1.165, 1.54) is 0 Å². The summed E-state index contributed by atoms with van der Waals surface area (Å²) in [4.78, 5) is 0. The highest BCUT2D eigenvalue weighted by Crippen LogP contribution is 2.13. The molecule has 0 aliphatic heterocycles. The minimum Gasteiger partial charge on any atom is -0.513 e. The fourth-order valence-corrected chi connectivity index (χ4v) is 1.96. The number of nitrogens with two attached hydrogens (primary N) is 1. The molecular formula is C17H25NO2. The fraction of sp³-hybridized carbons (Fsp3) is 0.412. The molecule has 20 heavy (non-hydrogen) atoms. The van der Waals surface area contributed by atoms with Crippen LogP contribution in [0.5, 0.6) is 0 Å². The topological polar surface area (TPSA) is 55.5 Å². The minimum atomic E-state index is 0.439. The van der Waals surface area contributed by atoms with Gasteiger partial charge in [0.15, 0.2) is 0 Å². The Morgan fingerprint density at radius 1 is 1.35 bits per heavy atom. The summed E-state index contributed by atoms with van der Waals surface area (Å²) in [5.74, 6) is 1.27. The standard InChI is InChI=1S/C17H25NO2/c1-3-20-14(2)7-4-5-10-17(19)12-11-15-8-6-9-16(18)13-15/h6,8-9,12-13,19H,2-5,7,10-11,18H2,1H3/b17-12-. The van der Waals surface area contributed by atoms with Gasteiger partial charge in [0, 0.05) is 18.5 Å². The van der Waals surface area contributed by atoms with Gasteiger partial charge < -0.3 is 15.6 Å². The van der Waals surface area contributed by atoms with Crippen molar-refractivity contribution in [2.24, 2.45) is 0 Å². The second-order valence-corrected chi connectivity index (χ2v) is 4.82. The van der Waals surface area contributed by atoms with E-state index in [-0.39, 0.29) is 0 Å². The SMILES string of the molecule is C=C(CCCC/C(O)=C/Cc1cccc(N)c1)OCC. The van der Waals surface area contributed by atoms with Gasteiger partial charge in [0.1, 0.15) is 0 Å². The molecule has 0 spiro atoms. The summed E-state index contributed by atoms with van der Waals surface area (Å²) < 4.78 is 5.28. The van der Waals surface area contributed by atoms with E-state index in [0.29, 0.717) is 25.2 Å². The molecule has 110 valence electrons. The van der Waals surface area contributed by atoms with Crippen LogP contribution in [-0.4, -0.2) is 11.7 Å². The van der Waals surface area contributed by atoms with Gasteiger partial charge in [-0.15, -0.1) is 0 Å². The molecule has 0 unspecified atom stereocenters. The Labute approximate surface area is 121 Å². The molecule has 0 aromatic heterocycles. The molecule has 1 rings (SSSR count). The number of aliphatic hydroxyl groups is 1. The van der Waals surface area contributed by atoms with Crippen LogP contribution in [0, 0.1) is 0 Å². The number of hydrogen-bond donors (Lipinski definition) is 2. The minimum absolute atomic E-state index is 0.439. The van der Waals surface area contributed by atoms with Crippen molar-refractivity contribution in [2.45, 2.75) is 39.0 Å². The lowest BCUT2D eigenvalue weighted by molar-refractivity contribution is 0.218. The monoisotopic (exact) mass is 275 g/mol. The van der Waals surface area contributed by atoms with Gasteiger partial charge in [-0.25, -0.2) is 0 Å². The normalized spacial score (nSPS) is 11.3. The van der Waals surface area contributed by atoms with Crippen molar-refractivity contribution < 1.29 is 9.84 Å². The van der Waals surface area contributed by atoms with Crippen LogP contribution in [0.3, 0.4) is 0 Å². The largest absolute Gasteiger partial charge is 0.513 e. The number of unbranched alkanes of at least 4 members (excludes halogenated alkanes) is 1. The molecule has 3 heteroatoms. The number of rotatable bonds is 9. The summed E-state index contributed by atoms with van der Waals surface area (Å²) in [6, 6.07) is 7.72. The molecule has 0 saturated carbocycles. The zero-order valence-corrected chi connectivity index (χ0v) is 12.3. The van der Waals surface area contributed by atoms with Crippen LogP contribution in [-0.2, 0) is 11.2 Å². The van der Waals surface area contributed by atoms with E-state index in [9.17, 15) is 5.11 Å². The number of anilines is 1. The van der Waals surface area contributed by atoms with Crippen molar-refractivity contribution in [2.75, 3.05) is 12.3 Å². The van der Waals surface area contributed by atoms with Crippen LogP contribution < -0.4 is 5.73 Å². The number of aliphatic hydroxyl groups excluding tert-OH is 1. The summed E-state index contributed by atoms with van der Waals surface area (Å²) in [5, 5.41) is 9.82. The maximum atomic E-state index is 9.82. The number of nitrogen functional groups attached to an aromatic ring is 1. The number of ether oxygens (including phenoxy) is 1. The van der Waals surface area contributed by atoms with Gasteiger partial charge in [0.25, 0.3) is 0 Å². The Morgan fingerprint density at radius 3 is 2.80 bits per heavy atom. The van der Waals surface area contributed by atoms with Crippen LogP contribution in [0.15, 0.2) is 48.4 Å². The number of hydrogen-bond acceptors (Lipinski definition) is 3. The van der Waals surface area contributed by atoms with Crippen molar-refractivity contribution in [3.63, 3.8) is 0 Å². The Hall–Kier alpha value is -1.90. The summed E-state index contributed by atoms with van der Waals surface area (Å²) in [6.07, 6.45) is 6.03. The van der Waals surface area contributed by atoms with Gasteiger partial charge >= 0.3 is 0 Å². The van der Waals surface area contributed by atoms with Crippen LogP contribution >= 0.6 is 0 Å². The molecule has 0 atom stereocenters. The second-order valence-electron chi connectivity index (χ2n) is 4.82. The van der Waals surface area contributed by atoms with Crippen molar-refractivity contribution in [3.8, 4) is 0 Å². The lowest BCUT2D eigenvalue weighted by Gasteiger charge is -2.06. The summed E-state index contributed by atoms with van der Waals surface area (Å²) in [7, 11) is 0. The Kier molecular flexibility index (Phi) is 7.33. The van der Waals surface area contributed by atoms with Gasteiger partial charge in [-0.05, 0) is 50.0 Å². The van der Waals surface area contributed by atoms with E-state index < -0.39 is 0 Å². The highest BCUT2D eigenvalue weighted by atomic mass is 16.5. The van der Waals surface area contributed by atoms with Crippen LogP contribution in [0.2, 0.25) is 0 Å². The van der Waals surface area contributed by atoms with E-state index >= 15 is 0 Å². The lowest BCUT2D eigenvalue weighted by atomic mass is 10.1. The van der Waals surface area contributed by atoms with E-state index in [1.54, 1.807) is 0 Å². The molecule has 0 radical (unpaired) electrons. The third-order valence-corrected chi connectivity index (χ3v) is 3.01. The Morgan fingerprint density at radius 2 is 2.10 bits per heavy atom. The van der Waals surface area contributed by atoms with Gasteiger partial charge in [0.2, 0.25) is 0 Å². The first kappa shape index (κ1) is 16.2. The third-order valence-electron chi connectivity index (χ3n) is 3.01. The average Bonchev–Trinajstić information content (AvgIpc) is 2.42. The summed E-state index contributed by atoms with van der Waals surface area (Å²) in [6.45, 7) is 6.46. The van der Waals surface area contributed by atoms with Crippen molar-refractivity contribution >= 4 is 5.69 Å². The molecule has 1 aromatic carbocycles. The predicted molar refractivity (Wildman–Crippen MR) is 84.5 cm³/mol. The van der Waals surface area contributed by atoms with E-state index in [2.05, 4.69) is 6.58 Å². The second kappa shape index (κ2) is 9.08. The maximum absolute atomic E-state index is 9.82. The zero-order valence-electron chi connectivity index (χ0n) is 12.3. The lowest BCUT2D eigenvalue weighted by Crippen LogP contribution is -1.91. The smallest absolute Gasteiger partial charge is 0.0888 e. The van der Waals surface area contributed by atoms with Crippen molar-refractivity contribution in [1.29, 1.82) is 0 Å². The van der Waals surface area contributed by atoms with Crippen LogP contribution in [0.25, 0.3) is 0 Å². The average molecular weight is 275 g/mol. The summed E-state index contributed by atoms with van der Waals surface area (Å²) in [5.41, 5.74) is 7.58. The Balaban J connectivity index is 2.23. The summed E-state index contributed by atoms with van der Waals surface area (Å²) >= 11 is 0. The van der Waals surface area contributed by atoms with E-state index in [4.69, 9.17) is 10.5 Å². The molecule has 1 aromatic rings. The molecule has 0 fully saturated rings. The van der Waals surface area contributed by atoms with E-state index in [1.807, 2.05) is 37.3 Å². The molecule has 3 nitrogen and oxygen atoms in total. The molecule has 0 bridgehead atoms. The predicted octanol–water partition coefficient (Wildman–Crippen LogP) is 4.36. The van der Waals surface area contributed by atoms with Gasteiger partial charge in [-0.3, -0.25) is 0 Å². The molecular weight excluding hydrogens is 250 g/mol. The van der Waals surface area contributed by atoms with Crippen molar-refractivity contribution in [3.05, 3.63) is 54.0 Å². The highest BCUT2D eigenvalue weighted by Gasteiger charge is 1.98. The zero-order chi connectivity index (χ0) is 14.8. The molecule has 0 aliphatic carbocycles. The molecule has 3 N–H and O–H groups in total. The number of benzene rings is 1. The molecule has 0 aliphatic rings. The first-order valence-electron chi connectivity index (χ1n) is 7.14. The molecule has 0 amide bonds. The maximum Gasteiger partial charge on any atom is 0.0888 e. The van der Waals surface area contributed by atoms with Crippen molar-refractivity contribution in [1.82, 2.24) is 0 Å². The third kappa shape index (κ3) is 6.88. The van der Waals surface area contributed by atoms with Crippen LogP contribution in [0.4, 0.5) is 5.69 Å². The number of allylic oxidation sites excluding steroid dienone is 3. The fourth-order valence-electron chi connectivity index (χ4n) is 1.96. The highest BCUT2D eigenvalue weighted by molar-refractivity contribution is 5.41. The molecule has 0 saturated heterocycles. The van der Waals surface area contributed by atoms with Gasteiger partial charge in [-0.1, -0.05) is 18.7 Å². The first-order valence-corrected chi connectivity index (χ1v) is 7.14. The van der Waals surface area contributed by atoms with Gasteiger partial charge in [0.05, 0.1) is 18.1 Å². The van der Waals surface area contributed by atoms with E-state index in [0.717, 1.165) is 36.3 Å².